The van der Waals surface area contributed by atoms with Gasteiger partial charge in [-0.1, -0.05) is 6.07 Å². The van der Waals surface area contributed by atoms with E-state index in [9.17, 15) is 14.6 Å². The third-order valence-electron chi connectivity index (χ3n) is 5.16. The van der Waals surface area contributed by atoms with E-state index in [1.165, 1.54) is 0 Å². The normalized spacial score (nSPS) is 11.8. The molecule has 0 spiro atoms. The maximum absolute atomic E-state index is 12.8. The van der Waals surface area contributed by atoms with Gasteiger partial charge in [0.15, 0.2) is 0 Å². The number of aldehydes is 1. The Balaban J connectivity index is 1.97. The van der Waals surface area contributed by atoms with Crippen LogP contribution < -0.4 is 10.4 Å². The highest BCUT2D eigenvalue weighted by atomic mass is 31.2. The summed E-state index contributed by atoms with van der Waals surface area (Å²) in [6.07, 6.45) is 1.56. The molecule has 0 radical (unpaired) electrons. The first-order valence-electron chi connectivity index (χ1n) is 9.39. The summed E-state index contributed by atoms with van der Waals surface area (Å²) >= 11 is 0. The van der Waals surface area contributed by atoms with Crippen LogP contribution in [-0.2, 0) is 17.5 Å². The summed E-state index contributed by atoms with van der Waals surface area (Å²) in [5, 5.41) is 14.7. The minimum Gasteiger partial charge on any atom is -0.366 e. The van der Waals surface area contributed by atoms with Crippen LogP contribution in [0.2, 0.25) is 0 Å². The second-order valence-corrected chi connectivity index (χ2v) is 11.4. The van der Waals surface area contributed by atoms with Crippen LogP contribution in [0.1, 0.15) is 27.2 Å². The van der Waals surface area contributed by atoms with Crippen molar-refractivity contribution in [3.05, 3.63) is 58.8 Å². The predicted molar refractivity (Wildman–Crippen MR) is 124 cm³/mol. The average Bonchev–Trinajstić information content (AvgIpc) is 3.05. The molecule has 1 aromatic heterocycles. The van der Waals surface area contributed by atoms with Crippen molar-refractivity contribution >= 4 is 44.1 Å². The zero-order valence-corrected chi connectivity index (χ0v) is 19.0. The van der Waals surface area contributed by atoms with Crippen LogP contribution in [0.25, 0.3) is 10.9 Å². The second-order valence-electron chi connectivity index (χ2n) is 7.45. The Bertz CT molecular complexity index is 1170. The molecule has 1 atom stereocenters. The standard InChI is InChI=1S/C22H25N3O2P2/c1-15-17(14-26)6-8-21-19(15)12-18(13-23)25(21)10-9-16-5-7-20(24-28-2)22(11-16)29(3,4)27/h5-8,11-12,14,24,28H,9-10H2,1-4H3. The molecule has 150 valence electrons. The van der Waals surface area contributed by atoms with Crippen molar-refractivity contribution in [2.45, 2.75) is 19.9 Å². The number of fused-ring (bicyclic) bond motifs is 1. The summed E-state index contributed by atoms with van der Waals surface area (Å²) in [5.74, 6) is 0. The number of hydrogen-bond donors (Lipinski definition) is 1. The highest BCUT2D eigenvalue weighted by Gasteiger charge is 2.17. The van der Waals surface area contributed by atoms with E-state index in [0.29, 0.717) is 33.0 Å². The van der Waals surface area contributed by atoms with Gasteiger partial charge < -0.3 is 14.2 Å². The quantitative estimate of drug-likeness (QED) is 0.438. The molecule has 0 fully saturated rings. The minimum absolute atomic E-state index is 0.539. The van der Waals surface area contributed by atoms with Gasteiger partial charge in [-0.25, -0.2) is 0 Å². The molecule has 0 saturated carbocycles. The molecule has 0 aliphatic carbocycles. The monoisotopic (exact) mass is 425 g/mol. The van der Waals surface area contributed by atoms with Gasteiger partial charge in [0.05, 0.1) is 0 Å². The molecule has 29 heavy (non-hydrogen) atoms. The summed E-state index contributed by atoms with van der Waals surface area (Å²) in [7, 11) is -1.88. The molecule has 3 aromatic rings. The molecule has 1 unspecified atom stereocenters. The van der Waals surface area contributed by atoms with Gasteiger partial charge in [0.1, 0.15) is 25.2 Å². The van der Waals surface area contributed by atoms with Gasteiger partial charge in [-0.3, -0.25) is 4.79 Å². The van der Waals surface area contributed by atoms with Crippen molar-refractivity contribution in [2.75, 3.05) is 25.1 Å². The molecule has 0 saturated heterocycles. The molecule has 0 bridgehead atoms. The topological polar surface area (TPSA) is 74.9 Å². The Hall–Kier alpha value is -2.40. The minimum atomic E-state index is -2.42. The summed E-state index contributed by atoms with van der Waals surface area (Å²) in [4.78, 5) is 11.2. The van der Waals surface area contributed by atoms with Gasteiger partial charge in [0, 0.05) is 34.0 Å². The summed E-state index contributed by atoms with van der Waals surface area (Å²) in [6.45, 7) is 8.16. The number of rotatable bonds is 7. The number of aromatic nitrogens is 1. The third-order valence-corrected chi connectivity index (χ3v) is 7.21. The number of benzene rings is 2. The van der Waals surface area contributed by atoms with Crippen LogP contribution >= 0.6 is 15.9 Å². The average molecular weight is 425 g/mol. The number of carbonyl (C=O) groups is 1. The molecule has 2 aromatic carbocycles. The zero-order chi connectivity index (χ0) is 21.2. The van der Waals surface area contributed by atoms with Gasteiger partial charge in [0.25, 0.3) is 0 Å². The molecule has 5 nitrogen and oxygen atoms in total. The summed E-state index contributed by atoms with van der Waals surface area (Å²) in [6, 6.07) is 13.9. The molecule has 0 aliphatic rings. The maximum Gasteiger partial charge on any atom is 0.150 e. The number of nitrogens with one attached hydrogen (secondary N) is 1. The lowest BCUT2D eigenvalue weighted by molar-refractivity contribution is 0.112. The zero-order valence-electron chi connectivity index (χ0n) is 17.1. The summed E-state index contributed by atoms with van der Waals surface area (Å²) < 4.78 is 14.8. The Kier molecular flexibility index (Phi) is 6.27. The van der Waals surface area contributed by atoms with Crippen LogP contribution in [0, 0.1) is 18.3 Å². The fourth-order valence-electron chi connectivity index (χ4n) is 3.61. The Labute approximate surface area is 173 Å². The number of nitriles is 1. The maximum atomic E-state index is 12.8. The third kappa shape index (κ3) is 4.30. The molecule has 7 heteroatoms. The smallest absolute Gasteiger partial charge is 0.150 e. The highest BCUT2D eigenvalue weighted by Crippen LogP contribution is 2.39. The van der Waals surface area contributed by atoms with Crippen molar-refractivity contribution < 1.29 is 9.36 Å². The fourth-order valence-corrected chi connectivity index (χ4v) is 5.39. The van der Waals surface area contributed by atoms with E-state index >= 15 is 0 Å². The number of nitrogens with zero attached hydrogens (tertiary/aromatic N) is 2. The van der Waals surface area contributed by atoms with Crippen LogP contribution in [0.15, 0.2) is 36.4 Å². The lowest BCUT2D eigenvalue weighted by atomic mass is 10.1. The summed E-state index contributed by atoms with van der Waals surface area (Å²) in [5.41, 5.74) is 5.08. The van der Waals surface area contributed by atoms with Crippen molar-refractivity contribution in [1.82, 2.24) is 4.57 Å². The fraction of sp³-hybridized carbons (Fsp3) is 0.273. The Morgan fingerprint density at radius 2 is 2.00 bits per heavy atom. The molecular formula is C22H25N3O2P2. The number of anilines is 1. The highest BCUT2D eigenvalue weighted by molar-refractivity contribution is 7.70. The van der Waals surface area contributed by atoms with E-state index in [4.69, 9.17) is 0 Å². The van der Waals surface area contributed by atoms with Gasteiger partial charge in [-0.05, 0) is 83.5 Å². The number of hydrogen-bond acceptors (Lipinski definition) is 4. The van der Waals surface area contributed by atoms with E-state index in [-0.39, 0.29) is 0 Å². The van der Waals surface area contributed by atoms with E-state index in [1.807, 2.05) is 42.4 Å². The van der Waals surface area contributed by atoms with Gasteiger partial charge in [0.2, 0.25) is 0 Å². The van der Waals surface area contributed by atoms with E-state index in [1.54, 1.807) is 19.4 Å². The lowest BCUT2D eigenvalue weighted by Crippen LogP contribution is -2.11. The first kappa shape index (κ1) is 21.3. The van der Waals surface area contributed by atoms with Crippen LogP contribution in [0.4, 0.5) is 5.69 Å². The number of aryl methyl sites for hydroxylation is 3. The SMILES string of the molecule is CPNc1ccc(CCn2c(C#N)cc3c(C)c(C=O)ccc32)cc1P(C)(C)=O. The first-order valence-corrected chi connectivity index (χ1v) is 13.5. The second kappa shape index (κ2) is 8.54. The lowest BCUT2D eigenvalue weighted by Gasteiger charge is -2.16. The molecule has 1 N–H and O–H groups in total. The molecule has 0 aliphatic heterocycles. The molecule has 1 heterocycles. The van der Waals surface area contributed by atoms with Crippen LogP contribution in [0.3, 0.4) is 0 Å². The predicted octanol–water partition coefficient (Wildman–Crippen LogP) is 4.76. The van der Waals surface area contributed by atoms with E-state index in [2.05, 4.69) is 17.2 Å². The Morgan fingerprint density at radius 3 is 2.62 bits per heavy atom. The molecule has 0 amide bonds. The van der Waals surface area contributed by atoms with Crippen molar-refractivity contribution in [3.63, 3.8) is 0 Å². The number of carbonyl (C=O) groups excluding carboxylic acids is 1. The van der Waals surface area contributed by atoms with Crippen LogP contribution in [0.5, 0.6) is 0 Å². The molecular weight excluding hydrogens is 400 g/mol. The van der Waals surface area contributed by atoms with E-state index < -0.39 is 7.14 Å². The largest absolute Gasteiger partial charge is 0.366 e. The van der Waals surface area contributed by atoms with Crippen LogP contribution in [-0.4, -0.2) is 30.8 Å². The van der Waals surface area contributed by atoms with Gasteiger partial charge in [-0.2, -0.15) is 5.26 Å². The Morgan fingerprint density at radius 1 is 1.24 bits per heavy atom. The van der Waals surface area contributed by atoms with Crippen molar-refractivity contribution in [2.24, 2.45) is 0 Å². The van der Waals surface area contributed by atoms with Gasteiger partial charge >= 0.3 is 0 Å². The van der Waals surface area contributed by atoms with Gasteiger partial charge in [-0.15, -0.1) is 0 Å². The van der Waals surface area contributed by atoms with Crippen molar-refractivity contribution in [3.8, 4) is 6.07 Å². The first-order chi connectivity index (χ1) is 13.8. The van der Waals surface area contributed by atoms with Crippen molar-refractivity contribution in [1.29, 1.82) is 5.26 Å². The molecule has 3 rings (SSSR count). The van der Waals surface area contributed by atoms with E-state index in [0.717, 1.165) is 39.3 Å².